The van der Waals surface area contributed by atoms with E-state index in [9.17, 15) is 0 Å². The largest absolute Gasteiger partial charge is 0.397 e. The highest BCUT2D eigenvalue weighted by atomic mass is 127. The molecule has 0 fully saturated rings. The summed E-state index contributed by atoms with van der Waals surface area (Å²) in [7, 11) is 0. The molecule has 0 saturated heterocycles. The van der Waals surface area contributed by atoms with Gasteiger partial charge in [0.15, 0.2) is 0 Å². The van der Waals surface area contributed by atoms with E-state index in [-0.39, 0.29) is 0 Å². The van der Waals surface area contributed by atoms with E-state index in [2.05, 4.69) is 22.6 Å². The summed E-state index contributed by atoms with van der Waals surface area (Å²) in [4.78, 5) is 0. The highest BCUT2D eigenvalue weighted by molar-refractivity contribution is 14.1. The number of hydrogen-bond acceptors (Lipinski definition) is 1. The topological polar surface area (TPSA) is 26.0 Å². The molecule has 1 aromatic carbocycles. The van der Waals surface area contributed by atoms with E-state index < -0.39 is 0 Å². The predicted octanol–water partition coefficient (Wildman–Crippen LogP) is 3.18. The molecule has 0 heterocycles. The zero-order valence-corrected chi connectivity index (χ0v) is 8.54. The van der Waals surface area contributed by atoms with Crippen LogP contribution in [0.5, 0.6) is 0 Å². The van der Waals surface area contributed by atoms with Crippen LogP contribution in [-0.4, -0.2) is 0 Å². The highest BCUT2D eigenvalue weighted by Gasteiger charge is 2.00. The summed E-state index contributed by atoms with van der Waals surface area (Å²) in [6.07, 6.45) is 0. The number of nitrogen functional groups attached to an aromatic ring is 1. The summed E-state index contributed by atoms with van der Waals surface area (Å²) in [6, 6.07) is 3.38. The Hall–Kier alpha value is 0.330. The van der Waals surface area contributed by atoms with Crippen molar-refractivity contribution in [3.63, 3.8) is 0 Å². The molecule has 0 aromatic heterocycles. The van der Waals surface area contributed by atoms with Gasteiger partial charge in [0, 0.05) is 3.57 Å². The van der Waals surface area contributed by atoms with Gasteiger partial charge in [0.05, 0.1) is 15.7 Å². The number of benzene rings is 1. The second-order valence-electron chi connectivity index (χ2n) is 1.79. The monoisotopic (exact) mass is 287 g/mol. The molecule has 0 aliphatic carbocycles. The second-order valence-corrected chi connectivity index (χ2v) is 3.76. The molecule has 0 spiro atoms. The summed E-state index contributed by atoms with van der Waals surface area (Å²) >= 11 is 13.5. The molecular formula is C6H4Cl2IN. The average molecular weight is 288 g/mol. The van der Waals surface area contributed by atoms with Crippen molar-refractivity contribution in [2.45, 2.75) is 0 Å². The van der Waals surface area contributed by atoms with Crippen molar-refractivity contribution in [2.75, 3.05) is 5.73 Å². The van der Waals surface area contributed by atoms with Crippen LogP contribution in [0, 0.1) is 3.57 Å². The Morgan fingerprint density at radius 2 is 1.80 bits per heavy atom. The third-order valence-electron chi connectivity index (χ3n) is 1.04. The Morgan fingerprint density at radius 3 is 2.30 bits per heavy atom. The SMILES string of the molecule is Nc1cc(I)c(Cl)cc1Cl. The number of rotatable bonds is 0. The molecule has 0 aliphatic heterocycles. The molecule has 4 heteroatoms. The summed E-state index contributed by atoms with van der Waals surface area (Å²) in [5.41, 5.74) is 6.06. The van der Waals surface area contributed by atoms with Crippen LogP contribution in [0.3, 0.4) is 0 Å². The molecule has 0 bridgehead atoms. The van der Waals surface area contributed by atoms with Crippen molar-refractivity contribution < 1.29 is 0 Å². The first kappa shape index (κ1) is 8.43. The zero-order chi connectivity index (χ0) is 7.72. The van der Waals surface area contributed by atoms with Gasteiger partial charge in [0.2, 0.25) is 0 Å². The van der Waals surface area contributed by atoms with E-state index >= 15 is 0 Å². The lowest BCUT2D eigenvalue weighted by Crippen LogP contribution is -1.87. The summed E-state index contributed by atoms with van der Waals surface area (Å²) in [5, 5.41) is 1.14. The molecule has 0 amide bonds. The molecule has 1 aromatic rings. The zero-order valence-electron chi connectivity index (χ0n) is 4.87. The van der Waals surface area contributed by atoms with Crippen molar-refractivity contribution in [2.24, 2.45) is 0 Å². The van der Waals surface area contributed by atoms with Gasteiger partial charge in [-0.05, 0) is 34.7 Å². The van der Waals surface area contributed by atoms with E-state index in [1.165, 1.54) is 0 Å². The molecule has 10 heavy (non-hydrogen) atoms. The minimum Gasteiger partial charge on any atom is -0.397 e. The fraction of sp³-hybridized carbons (Fsp3) is 0. The Labute approximate surface area is 82.6 Å². The van der Waals surface area contributed by atoms with Crippen LogP contribution < -0.4 is 5.73 Å². The van der Waals surface area contributed by atoms with Crippen LogP contribution in [0.2, 0.25) is 10.0 Å². The summed E-state index contributed by atoms with van der Waals surface area (Å²) in [5.74, 6) is 0. The molecule has 2 N–H and O–H groups in total. The Morgan fingerprint density at radius 1 is 1.20 bits per heavy atom. The molecule has 0 aliphatic rings. The molecule has 0 saturated carbocycles. The fourth-order valence-corrected chi connectivity index (χ4v) is 1.41. The van der Waals surface area contributed by atoms with Crippen molar-refractivity contribution in [1.82, 2.24) is 0 Å². The van der Waals surface area contributed by atoms with Crippen molar-refractivity contribution in [3.05, 3.63) is 25.7 Å². The third-order valence-corrected chi connectivity index (χ3v) is 2.89. The first-order valence-electron chi connectivity index (χ1n) is 2.51. The van der Waals surface area contributed by atoms with Gasteiger partial charge in [-0.1, -0.05) is 23.2 Å². The normalized spacial score (nSPS) is 9.90. The quantitative estimate of drug-likeness (QED) is 0.443. The van der Waals surface area contributed by atoms with Crippen molar-refractivity contribution >= 4 is 51.5 Å². The van der Waals surface area contributed by atoms with Crippen LogP contribution in [0.4, 0.5) is 5.69 Å². The van der Waals surface area contributed by atoms with E-state index in [1.54, 1.807) is 12.1 Å². The van der Waals surface area contributed by atoms with Gasteiger partial charge in [-0.25, -0.2) is 0 Å². The molecular weight excluding hydrogens is 284 g/mol. The van der Waals surface area contributed by atoms with Gasteiger partial charge >= 0.3 is 0 Å². The van der Waals surface area contributed by atoms with Gasteiger partial charge in [-0.2, -0.15) is 0 Å². The van der Waals surface area contributed by atoms with Crippen LogP contribution in [0.15, 0.2) is 12.1 Å². The lowest BCUT2D eigenvalue weighted by Gasteiger charge is -1.99. The standard InChI is InChI=1S/C6H4Cl2IN/c7-3-1-4(8)6(10)2-5(3)9/h1-2H,10H2. The first-order chi connectivity index (χ1) is 4.61. The smallest absolute Gasteiger partial charge is 0.0650 e. The minimum atomic E-state index is 0.505. The van der Waals surface area contributed by atoms with Gasteiger partial charge in [-0.15, -0.1) is 0 Å². The number of anilines is 1. The van der Waals surface area contributed by atoms with E-state index in [1.807, 2.05) is 0 Å². The van der Waals surface area contributed by atoms with Gasteiger partial charge in [0.25, 0.3) is 0 Å². The maximum atomic E-state index is 5.74. The molecule has 1 rings (SSSR count). The molecule has 54 valence electrons. The second kappa shape index (κ2) is 3.15. The van der Waals surface area contributed by atoms with E-state index in [4.69, 9.17) is 28.9 Å². The van der Waals surface area contributed by atoms with Crippen LogP contribution in [0.25, 0.3) is 0 Å². The maximum absolute atomic E-state index is 5.74. The summed E-state index contributed by atoms with van der Waals surface area (Å²) in [6.45, 7) is 0. The first-order valence-corrected chi connectivity index (χ1v) is 4.35. The van der Waals surface area contributed by atoms with Crippen molar-refractivity contribution in [1.29, 1.82) is 0 Å². The Kier molecular flexibility index (Phi) is 2.66. The third kappa shape index (κ3) is 1.68. The van der Waals surface area contributed by atoms with Crippen molar-refractivity contribution in [3.8, 4) is 0 Å². The van der Waals surface area contributed by atoms with Gasteiger partial charge in [-0.3, -0.25) is 0 Å². The Bertz CT molecular complexity index is 212. The predicted molar refractivity (Wildman–Crippen MR) is 53.6 cm³/mol. The molecule has 0 atom stereocenters. The van der Waals surface area contributed by atoms with Crippen LogP contribution >= 0.6 is 45.8 Å². The molecule has 1 nitrogen and oxygen atoms in total. The van der Waals surface area contributed by atoms with Gasteiger partial charge < -0.3 is 5.73 Å². The fourth-order valence-electron chi connectivity index (χ4n) is 0.538. The lowest BCUT2D eigenvalue weighted by molar-refractivity contribution is 1.63. The molecule has 0 radical (unpaired) electrons. The van der Waals surface area contributed by atoms with Crippen LogP contribution in [-0.2, 0) is 0 Å². The highest BCUT2D eigenvalue weighted by Crippen LogP contribution is 2.27. The average Bonchev–Trinajstić information content (AvgIpc) is 1.84. The number of halogens is 3. The van der Waals surface area contributed by atoms with E-state index in [0.717, 1.165) is 3.57 Å². The van der Waals surface area contributed by atoms with E-state index in [0.29, 0.717) is 15.7 Å². The summed E-state index contributed by atoms with van der Waals surface area (Å²) < 4.78 is 0.918. The van der Waals surface area contributed by atoms with Gasteiger partial charge in [0.1, 0.15) is 0 Å². The lowest BCUT2D eigenvalue weighted by atomic mass is 10.3. The molecule has 0 unspecified atom stereocenters. The number of nitrogens with two attached hydrogens (primary N) is 1. The number of hydrogen-bond donors (Lipinski definition) is 1. The minimum absolute atomic E-state index is 0.505. The Balaban J connectivity index is 3.28. The maximum Gasteiger partial charge on any atom is 0.0650 e. The van der Waals surface area contributed by atoms with Crippen LogP contribution in [0.1, 0.15) is 0 Å².